The van der Waals surface area contributed by atoms with Gasteiger partial charge in [-0.3, -0.25) is 14.4 Å². The van der Waals surface area contributed by atoms with Gasteiger partial charge in [0.15, 0.2) is 0 Å². The van der Waals surface area contributed by atoms with Crippen molar-refractivity contribution in [3.05, 3.63) is 71.4 Å². The van der Waals surface area contributed by atoms with Crippen molar-refractivity contribution in [1.82, 2.24) is 20.1 Å². The fraction of sp³-hybridized carbons (Fsp3) is 0.292. The van der Waals surface area contributed by atoms with Crippen molar-refractivity contribution in [2.24, 2.45) is 0 Å². The minimum atomic E-state index is -1.11. The molecule has 1 aliphatic heterocycles. The van der Waals surface area contributed by atoms with E-state index in [0.29, 0.717) is 18.8 Å². The Kier molecular flexibility index (Phi) is 5.27. The van der Waals surface area contributed by atoms with Crippen LogP contribution in [-0.4, -0.2) is 46.3 Å². The van der Waals surface area contributed by atoms with Crippen LogP contribution in [0.1, 0.15) is 28.5 Å². The summed E-state index contributed by atoms with van der Waals surface area (Å²) in [5.41, 5.74) is 2.50. The predicted molar refractivity (Wildman–Crippen MR) is 118 cm³/mol. The molecule has 0 aliphatic carbocycles. The van der Waals surface area contributed by atoms with E-state index < -0.39 is 5.54 Å². The monoisotopic (exact) mass is 418 g/mol. The molecule has 2 heterocycles. The van der Waals surface area contributed by atoms with Crippen LogP contribution in [0.3, 0.4) is 0 Å². The van der Waals surface area contributed by atoms with E-state index in [0.717, 1.165) is 22.0 Å². The van der Waals surface area contributed by atoms with Crippen LogP contribution >= 0.6 is 0 Å². The zero-order valence-electron chi connectivity index (χ0n) is 17.9. The number of likely N-dealkylation sites (N-methyl/N-ethyl adjacent to an activating group) is 1. The number of fused-ring (bicyclic) bond motifs is 3. The molecule has 31 heavy (non-hydrogen) atoms. The van der Waals surface area contributed by atoms with Crippen molar-refractivity contribution in [1.29, 1.82) is 0 Å². The van der Waals surface area contributed by atoms with E-state index in [1.54, 1.807) is 14.0 Å². The first-order chi connectivity index (χ1) is 14.8. The zero-order chi connectivity index (χ0) is 22.2. The molecule has 2 aromatic carbocycles. The van der Waals surface area contributed by atoms with Gasteiger partial charge in [0.05, 0.1) is 13.1 Å². The van der Waals surface area contributed by atoms with E-state index in [1.165, 1.54) is 4.90 Å². The van der Waals surface area contributed by atoms with Crippen molar-refractivity contribution in [3.63, 3.8) is 0 Å². The average Bonchev–Trinajstić information content (AvgIpc) is 3.14. The van der Waals surface area contributed by atoms with E-state index in [9.17, 15) is 14.4 Å². The molecule has 3 amide bonds. The van der Waals surface area contributed by atoms with Crippen LogP contribution in [0, 0.1) is 6.92 Å². The highest BCUT2D eigenvalue weighted by Crippen LogP contribution is 2.31. The number of hydrogen-bond donors (Lipinski definition) is 2. The van der Waals surface area contributed by atoms with Crippen LogP contribution in [0.4, 0.5) is 0 Å². The third-order valence-electron chi connectivity index (χ3n) is 6.05. The number of benzene rings is 2. The number of aromatic nitrogens is 1. The molecule has 0 unspecified atom stereocenters. The predicted octanol–water partition coefficient (Wildman–Crippen LogP) is 2.23. The van der Waals surface area contributed by atoms with Crippen molar-refractivity contribution >= 4 is 28.6 Å². The van der Waals surface area contributed by atoms with Gasteiger partial charge in [0, 0.05) is 24.5 Å². The Hall–Kier alpha value is -3.61. The summed E-state index contributed by atoms with van der Waals surface area (Å²) in [6.07, 6.45) is 0. The quantitative estimate of drug-likeness (QED) is 0.667. The Morgan fingerprint density at radius 3 is 2.52 bits per heavy atom. The standard InChI is InChI=1S/C24H26N4O3/c1-16-8-10-17(11-9-16)13-25-21(29)14-26-23(31)24(2)15-28-19-7-5-4-6-18(19)12-20(28)22(30)27(24)3/h4-12H,13-15H2,1-3H3,(H,25,29)(H,26,31)/t24-/m1/s1. The molecular weight excluding hydrogens is 392 g/mol. The molecule has 4 rings (SSSR count). The Morgan fingerprint density at radius 1 is 1.06 bits per heavy atom. The SMILES string of the molecule is Cc1ccc(CNC(=O)CNC(=O)[C@@]2(C)Cn3c(cc4ccccc43)C(=O)N2C)cc1. The van der Waals surface area contributed by atoms with E-state index in [-0.39, 0.29) is 24.3 Å². The summed E-state index contributed by atoms with van der Waals surface area (Å²) in [7, 11) is 1.63. The lowest BCUT2D eigenvalue weighted by Crippen LogP contribution is -2.63. The molecule has 0 saturated heterocycles. The molecule has 1 aromatic heterocycles. The highest BCUT2D eigenvalue weighted by atomic mass is 16.2. The molecule has 0 saturated carbocycles. The molecule has 0 spiro atoms. The number of hydrogen-bond acceptors (Lipinski definition) is 3. The van der Waals surface area contributed by atoms with Gasteiger partial charge in [0.25, 0.3) is 5.91 Å². The largest absolute Gasteiger partial charge is 0.350 e. The lowest BCUT2D eigenvalue weighted by Gasteiger charge is -2.41. The molecule has 0 bridgehead atoms. The van der Waals surface area contributed by atoms with E-state index in [2.05, 4.69) is 10.6 Å². The summed E-state index contributed by atoms with van der Waals surface area (Å²) < 4.78 is 1.88. The van der Waals surface area contributed by atoms with Crippen LogP contribution in [0.2, 0.25) is 0 Å². The summed E-state index contributed by atoms with van der Waals surface area (Å²) in [4.78, 5) is 39.7. The number of para-hydroxylation sites is 1. The first-order valence-electron chi connectivity index (χ1n) is 10.3. The van der Waals surface area contributed by atoms with Gasteiger partial charge in [-0.15, -0.1) is 0 Å². The molecule has 160 valence electrons. The van der Waals surface area contributed by atoms with Gasteiger partial charge in [-0.2, -0.15) is 0 Å². The first-order valence-corrected chi connectivity index (χ1v) is 10.3. The van der Waals surface area contributed by atoms with Gasteiger partial charge >= 0.3 is 0 Å². The number of carbonyl (C=O) groups is 3. The van der Waals surface area contributed by atoms with Crippen LogP contribution in [0.25, 0.3) is 10.9 Å². The van der Waals surface area contributed by atoms with Gasteiger partial charge < -0.3 is 20.1 Å². The topological polar surface area (TPSA) is 83.4 Å². The molecule has 1 aliphatic rings. The number of carbonyl (C=O) groups excluding carboxylic acids is 3. The highest BCUT2D eigenvalue weighted by Gasteiger charge is 2.45. The fourth-order valence-corrected chi connectivity index (χ4v) is 3.91. The normalized spacial score (nSPS) is 18.0. The van der Waals surface area contributed by atoms with Crippen molar-refractivity contribution in [3.8, 4) is 0 Å². The summed E-state index contributed by atoms with van der Waals surface area (Å²) >= 11 is 0. The highest BCUT2D eigenvalue weighted by molar-refractivity contribution is 6.03. The third kappa shape index (κ3) is 3.79. The van der Waals surface area contributed by atoms with Crippen molar-refractivity contribution < 1.29 is 14.4 Å². The Bertz CT molecular complexity index is 1170. The molecule has 7 heteroatoms. The van der Waals surface area contributed by atoms with Gasteiger partial charge in [0.2, 0.25) is 11.8 Å². The number of amides is 3. The fourth-order valence-electron chi connectivity index (χ4n) is 3.91. The number of nitrogens with zero attached hydrogens (tertiary/aromatic N) is 2. The second kappa shape index (κ2) is 7.91. The van der Waals surface area contributed by atoms with Gasteiger partial charge in [-0.05, 0) is 31.5 Å². The maximum atomic E-state index is 13.1. The Morgan fingerprint density at radius 2 is 1.77 bits per heavy atom. The molecule has 7 nitrogen and oxygen atoms in total. The second-order valence-corrected chi connectivity index (χ2v) is 8.26. The summed E-state index contributed by atoms with van der Waals surface area (Å²) in [6, 6.07) is 17.5. The second-order valence-electron chi connectivity index (χ2n) is 8.26. The number of aryl methyl sites for hydroxylation is 1. The number of rotatable bonds is 5. The Labute approximate surface area is 181 Å². The third-order valence-corrected chi connectivity index (χ3v) is 6.05. The molecular formula is C24H26N4O3. The summed E-state index contributed by atoms with van der Waals surface area (Å²) in [5.74, 6) is -0.865. The maximum absolute atomic E-state index is 13.1. The average molecular weight is 418 g/mol. The van der Waals surface area contributed by atoms with E-state index in [1.807, 2.05) is 66.1 Å². The van der Waals surface area contributed by atoms with Crippen LogP contribution in [-0.2, 0) is 22.7 Å². The van der Waals surface area contributed by atoms with Gasteiger partial charge in [0.1, 0.15) is 11.2 Å². The van der Waals surface area contributed by atoms with Crippen LogP contribution in [0.15, 0.2) is 54.6 Å². The smallest absolute Gasteiger partial charge is 0.271 e. The minimum Gasteiger partial charge on any atom is -0.350 e. The first kappa shape index (κ1) is 20.7. The van der Waals surface area contributed by atoms with Crippen LogP contribution in [0.5, 0.6) is 0 Å². The summed E-state index contributed by atoms with van der Waals surface area (Å²) in [6.45, 7) is 4.28. The molecule has 2 N–H and O–H groups in total. The van der Waals surface area contributed by atoms with Crippen molar-refractivity contribution in [2.45, 2.75) is 32.5 Å². The van der Waals surface area contributed by atoms with Gasteiger partial charge in [-0.25, -0.2) is 0 Å². The van der Waals surface area contributed by atoms with Crippen molar-refractivity contribution in [2.75, 3.05) is 13.6 Å². The maximum Gasteiger partial charge on any atom is 0.271 e. The summed E-state index contributed by atoms with van der Waals surface area (Å²) in [5, 5.41) is 6.47. The van der Waals surface area contributed by atoms with Gasteiger partial charge in [-0.1, -0.05) is 48.0 Å². The zero-order valence-corrected chi connectivity index (χ0v) is 17.9. The minimum absolute atomic E-state index is 0.151. The van der Waals surface area contributed by atoms with E-state index >= 15 is 0 Å². The molecule has 0 radical (unpaired) electrons. The van der Waals surface area contributed by atoms with E-state index in [4.69, 9.17) is 0 Å². The lowest BCUT2D eigenvalue weighted by atomic mass is 9.95. The van der Waals surface area contributed by atoms with Crippen LogP contribution < -0.4 is 10.6 Å². The molecule has 0 fully saturated rings. The lowest BCUT2D eigenvalue weighted by molar-refractivity contribution is -0.134. The number of nitrogens with one attached hydrogen (secondary N) is 2. The molecule has 1 atom stereocenters. The Balaban J connectivity index is 1.43. The molecule has 3 aromatic rings.